The summed E-state index contributed by atoms with van der Waals surface area (Å²) in [6.45, 7) is 9.08. The van der Waals surface area contributed by atoms with Crippen LogP contribution < -0.4 is 0 Å². The SMILES string of the molecule is Cc1cnc(CN(CC(=O)O)C(C)(C)C)c(C)c1[N+](=O)[O-]. The summed E-state index contributed by atoms with van der Waals surface area (Å²) in [4.78, 5) is 27.7. The van der Waals surface area contributed by atoms with Gasteiger partial charge in [-0.3, -0.25) is 24.8 Å². The summed E-state index contributed by atoms with van der Waals surface area (Å²) in [5.74, 6) is -0.941. The van der Waals surface area contributed by atoms with E-state index in [9.17, 15) is 14.9 Å². The van der Waals surface area contributed by atoms with Gasteiger partial charge in [0.2, 0.25) is 0 Å². The maximum absolute atomic E-state index is 11.1. The number of aryl methyl sites for hydroxylation is 1. The molecule has 1 aromatic rings. The van der Waals surface area contributed by atoms with Gasteiger partial charge in [-0.15, -0.1) is 0 Å². The van der Waals surface area contributed by atoms with Crippen LogP contribution in [0.5, 0.6) is 0 Å². The van der Waals surface area contributed by atoms with Crippen LogP contribution in [0.1, 0.15) is 37.6 Å². The molecule has 7 heteroatoms. The minimum Gasteiger partial charge on any atom is -0.480 e. The number of carboxylic acids is 1. The van der Waals surface area contributed by atoms with E-state index in [0.717, 1.165) is 0 Å². The van der Waals surface area contributed by atoms with E-state index >= 15 is 0 Å². The largest absolute Gasteiger partial charge is 0.480 e. The molecule has 0 fully saturated rings. The van der Waals surface area contributed by atoms with Gasteiger partial charge in [0.15, 0.2) is 0 Å². The third kappa shape index (κ3) is 4.22. The Kier molecular flexibility index (Phi) is 5.01. The molecule has 0 aliphatic rings. The van der Waals surface area contributed by atoms with E-state index < -0.39 is 10.9 Å². The molecule has 7 nitrogen and oxygen atoms in total. The van der Waals surface area contributed by atoms with E-state index in [2.05, 4.69) is 4.98 Å². The van der Waals surface area contributed by atoms with Crippen LogP contribution in [0.25, 0.3) is 0 Å². The molecule has 0 amide bonds. The second-order valence-electron chi connectivity index (χ2n) is 6.04. The van der Waals surface area contributed by atoms with Crippen LogP contribution in [0, 0.1) is 24.0 Å². The summed E-state index contributed by atoms with van der Waals surface area (Å²) < 4.78 is 0. The predicted molar refractivity (Wildman–Crippen MR) is 78.2 cm³/mol. The Morgan fingerprint density at radius 3 is 2.43 bits per heavy atom. The number of hydrogen-bond acceptors (Lipinski definition) is 5. The topological polar surface area (TPSA) is 96.6 Å². The van der Waals surface area contributed by atoms with Gasteiger partial charge in [0.1, 0.15) is 0 Å². The number of hydrogen-bond donors (Lipinski definition) is 1. The van der Waals surface area contributed by atoms with Crippen molar-refractivity contribution in [2.24, 2.45) is 0 Å². The highest BCUT2D eigenvalue weighted by molar-refractivity contribution is 5.69. The predicted octanol–water partition coefficient (Wildman–Crippen LogP) is 2.29. The highest BCUT2D eigenvalue weighted by Gasteiger charge is 2.27. The normalized spacial score (nSPS) is 11.7. The first-order valence-corrected chi connectivity index (χ1v) is 6.60. The average Bonchev–Trinajstić information content (AvgIpc) is 2.29. The van der Waals surface area contributed by atoms with Gasteiger partial charge in [0.25, 0.3) is 5.69 Å². The van der Waals surface area contributed by atoms with E-state index in [4.69, 9.17) is 5.11 Å². The number of carboxylic acid groups (broad SMARTS) is 1. The Bertz CT molecular complexity index is 564. The lowest BCUT2D eigenvalue weighted by Crippen LogP contribution is -2.44. The van der Waals surface area contributed by atoms with E-state index in [1.807, 2.05) is 20.8 Å². The van der Waals surface area contributed by atoms with E-state index in [1.165, 1.54) is 6.20 Å². The Balaban J connectivity index is 3.19. The molecule has 0 aromatic carbocycles. The van der Waals surface area contributed by atoms with Crippen molar-refractivity contribution in [2.45, 2.75) is 46.7 Å². The molecule has 1 heterocycles. The summed E-state index contributed by atoms with van der Waals surface area (Å²) in [5, 5.41) is 20.1. The first-order valence-electron chi connectivity index (χ1n) is 6.60. The number of aliphatic carboxylic acids is 1. The first kappa shape index (κ1) is 17.0. The average molecular weight is 295 g/mol. The number of rotatable bonds is 5. The molecule has 0 saturated carbocycles. The second-order valence-corrected chi connectivity index (χ2v) is 6.04. The van der Waals surface area contributed by atoms with Crippen LogP contribution in [0.3, 0.4) is 0 Å². The van der Waals surface area contributed by atoms with Crippen LogP contribution in [0.15, 0.2) is 6.20 Å². The zero-order valence-corrected chi connectivity index (χ0v) is 13.0. The fourth-order valence-corrected chi connectivity index (χ4v) is 2.08. The zero-order chi connectivity index (χ0) is 16.4. The molecular weight excluding hydrogens is 274 g/mol. The van der Waals surface area contributed by atoms with Gasteiger partial charge in [-0.05, 0) is 34.6 Å². The van der Waals surface area contributed by atoms with Crippen LogP contribution in [-0.4, -0.2) is 38.0 Å². The maximum atomic E-state index is 11.1. The van der Waals surface area contributed by atoms with Gasteiger partial charge >= 0.3 is 5.97 Å². The summed E-state index contributed by atoms with van der Waals surface area (Å²) in [6.07, 6.45) is 1.46. The van der Waals surface area contributed by atoms with E-state index in [0.29, 0.717) is 16.8 Å². The van der Waals surface area contributed by atoms with Crippen molar-refractivity contribution in [3.05, 3.63) is 33.1 Å². The summed E-state index contributed by atoms with van der Waals surface area (Å²) >= 11 is 0. The van der Waals surface area contributed by atoms with Crippen molar-refractivity contribution in [2.75, 3.05) is 6.54 Å². The Labute approximate surface area is 123 Å². The molecule has 0 aliphatic heterocycles. The summed E-state index contributed by atoms with van der Waals surface area (Å²) in [6, 6.07) is 0. The maximum Gasteiger partial charge on any atom is 0.317 e. The second kappa shape index (κ2) is 6.17. The lowest BCUT2D eigenvalue weighted by atomic mass is 10.0. The smallest absolute Gasteiger partial charge is 0.317 e. The quantitative estimate of drug-likeness (QED) is 0.661. The Morgan fingerprint density at radius 2 is 2.00 bits per heavy atom. The number of pyridine rings is 1. The standard InChI is InChI=1S/C14H21N3O4/c1-9-6-15-11(10(2)13(9)17(20)21)7-16(8-12(18)19)14(3,4)5/h6H,7-8H2,1-5H3,(H,18,19). The van der Waals surface area contributed by atoms with Crippen molar-refractivity contribution in [1.29, 1.82) is 0 Å². The molecule has 21 heavy (non-hydrogen) atoms. The number of carbonyl (C=O) groups is 1. The molecule has 0 aliphatic carbocycles. The van der Waals surface area contributed by atoms with Crippen molar-refractivity contribution >= 4 is 11.7 Å². The molecule has 0 atom stereocenters. The molecule has 0 radical (unpaired) electrons. The van der Waals surface area contributed by atoms with E-state index in [-0.39, 0.29) is 24.3 Å². The Morgan fingerprint density at radius 1 is 1.43 bits per heavy atom. The molecule has 0 spiro atoms. The molecule has 0 saturated heterocycles. The van der Waals surface area contributed by atoms with Crippen LogP contribution in [0.4, 0.5) is 5.69 Å². The third-order valence-corrected chi connectivity index (χ3v) is 3.37. The lowest BCUT2D eigenvalue weighted by molar-refractivity contribution is -0.386. The van der Waals surface area contributed by atoms with Gasteiger partial charge in [-0.2, -0.15) is 0 Å². The molecule has 1 N–H and O–H groups in total. The number of nitro groups is 1. The molecule has 0 unspecified atom stereocenters. The van der Waals surface area contributed by atoms with Crippen molar-refractivity contribution in [1.82, 2.24) is 9.88 Å². The lowest BCUT2D eigenvalue weighted by Gasteiger charge is -2.34. The van der Waals surface area contributed by atoms with Crippen LogP contribution in [0.2, 0.25) is 0 Å². The molecule has 0 bridgehead atoms. The molecular formula is C14H21N3O4. The van der Waals surface area contributed by atoms with Crippen molar-refractivity contribution in [3.63, 3.8) is 0 Å². The van der Waals surface area contributed by atoms with Gasteiger partial charge in [-0.25, -0.2) is 0 Å². The van der Waals surface area contributed by atoms with Gasteiger partial charge in [-0.1, -0.05) is 0 Å². The Hall–Kier alpha value is -2.02. The van der Waals surface area contributed by atoms with Gasteiger partial charge in [0.05, 0.1) is 17.2 Å². The highest BCUT2D eigenvalue weighted by Crippen LogP contribution is 2.26. The van der Waals surface area contributed by atoms with Crippen molar-refractivity contribution < 1.29 is 14.8 Å². The van der Waals surface area contributed by atoms with Crippen LogP contribution in [-0.2, 0) is 11.3 Å². The zero-order valence-electron chi connectivity index (χ0n) is 13.0. The van der Waals surface area contributed by atoms with Crippen molar-refractivity contribution in [3.8, 4) is 0 Å². The molecule has 1 aromatic heterocycles. The summed E-state index contributed by atoms with van der Waals surface area (Å²) in [7, 11) is 0. The minimum absolute atomic E-state index is 0.0455. The van der Waals surface area contributed by atoms with E-state index in [1.54, 1.807) is 18.7 Å². The summed E-state index contributed by atoms with van der Waals surface area (Å²) in [5.41, 5.74) is 1.18. The monoisotopic (exact) mass is 295 g/mol. The fraction of sp³-hybridized carbons (Fsp3) is 0.571. The molecule has 1 rings (SSSR count). The van der Waals surface area contributed by atoms with Gasteiger partial charge in [0, 0.05) is 29.4 Å². The fourth-order valence-electron chi connectivity index (χ4n) is 2.08. The minimum atomic E-state index is -0.941. The highest BCUT2D eigenvalue weighted by atomic mass is 16.6. The van der Waals surface area contributed by atoms with Gasteiger partial charge < -0.3 is 5.11 Å². The van der Waals surface area contributed by atoms with Crippen LogP contribution >= 0.6 is 0 Å². The molecule has 116 valence electrons. The third-order valence-electron chi connectivity index (χ3n) is 3.37. The number of nitrogens with zero attached hydrogens (tertiary/aromatic N) is 3. The number of aromatic nitrogens is 1. The first-order chi connectivity index (χ1) is 9.54.